The molecule has 0 saturated heterocycles. The average molecular weight is 214 g/mol. The highest BCUT2D eigenvalue weighted by molar-refractivity contribution is 5.76. The van der Waals surface area contributed by atoms with Gasteiger partial charge in [0, 0.05) is 38.8 Å². The second-order valence-electron chi connectivity index (χ2n) is 3.91. The summed E-state index contributed by atoms with van der Waals surface area (Å²) < 4.78 is 5.20. The third-order valence-electron chi connectivity index (χ3n) is 2.56. The second-order valence-corrected chi connectivity index (χ2v) is 3.91. The lowest BCUT2D eigenvalue weighted by Gasteiger charge is -2.21. The Hall–Kier alpha value is -0.610. The largest absolute Gasteiger partial charge is 0.382 e. The average Bonchev–Trinajstić information content (AvgIpc) is 3.04. The van der Waals surface area contributed by atoms with Gasteiger partial charge < -0.3 is 15.4 Å². The minimum Gasteiger partial charge on any atom is -0.382 e. The van der Waals surface area contributed by atoms with Crippen LogP contribution in [0.5, 0.6) is 0 Å². The normalized spacial score (nSPS) is 15.3. The van der Waals surface area contributed by atoms with Crippen LogP contribution in [-0.4, -0.2) is 43.2 Å². The van der Waals surface area contributed by atoms with E-state index in [9.17, 15) is 4.79 Å². The molecule has 0 aromatic carbocycles. The number of carbonyl (C=O) groups excluding carboxylic acids is 1. The standard InChI is InChI=1S/C11H22N2O2/c1-2-15-9-3-4-11(14)13(8-7-12)10-5-6-10/h10H,2-9,12H2,1H3. The molecule has 0 atom stereocenters. The van der Waals surface area contributed by atoms with Gasteiger partial charge in [0.1, 0.15) is 0 Å². The van der Waals surface area contributed by atoms with Crippen LogP contribution in [0.4, 0.5) is 0 Å². The Morgan fingerprint density at radius 3 is 2.80 bits per heavy atom. The van der Waals surface area contributed by atoms with Gasteiger partial charge in [0.05, 0.1) is 0 Å². The summed E-state index contributed by atoms with van der Waals surface area (Å²) in [5.74, 6) is 0.239. The zero-order valence-corrected chi connectivity index (χ0v) is 9.58. The van der Waals surface area contributed by atoms with E-state index in [-0.39, 0.29) is 5.91 Å². The van der Waals surface area contributed by atoms with E-state index in [2.05, 4.69) is 0 Å². The summed E-state index contributed by atoms with van der Waals surface area (Å²) in [6.07, 6.45) is 3.71. The minimum atomic E-state index is 0.239. The molecule has 0 aromatic rings. The van der Waals surface area contributed by atoms with Gasteiger partial charge in [-0.25, -0.2) is 0 Å². The molecule has 2 N–H and O–H groups in total. The van der Waals surface area contributed by atoms with Crippen molar-refractivity contribution in [1.82, 2.24) is 4.90 Å². The molecule has 15 heavy (non-hydrogen) atoms. The van der Waals surface area contributed by atoms with Crippen molar-refractivity contribution >= 4 is 5.91 Å². The van der Waals surface area contributed by atoms with Crippen LogP contribution in [0, 0.1) is 0 Å². The summed E-state index contributed by atoms with van der Waals surface area (Å²) in [5.41, 5.74) is 5.49. The van der Waals surface area contributed by atoms with Crippen LogP contribution in [0.3, 0.4) is 0 Å². The second kappa shape index (κ2) is 6.80. The predicted octanol–water partition coefficient (Wildman–Crippen LogP) is 0.753. The van der Waals surface area contributed by atoms with Crippen molar-refractivity contribution in [2.24, 2.45) is 5.73 Å². The van der Waals surface area contributed by atoms with Crippen LogP contribution in [0.25, 0.3) is 0 Å². The molecule has 0 bridgehead atoms. The Kier molecular flexibility index (Phi) is 5.65. The molecule has 4 heteroatoms. The van der Waals surface area contributed by atoms with Gasteiger partial charge in [0.15, 0.2) is 0 Å². The maximum atomic E-state index is 11.8. The number of hydrogen-bond donors (Lipinski definition) is 1. The first kappa shape index (κ1) is 12.5. The molecular formula is C11H22N2O2. The van der Waals surface area contributed by atoms with Gasteiger partial charge in [0.2, 0.25) is 5.91 Å². The van der Waals surface area contributed by atoms with Crippen molar-refractivity contribution in [1.29, 1.82) is 0 Å². The lowest BCUT2D eigenvalue weighted by Crippen LogP contribution is -2.37. The Balaban J connectivity index is 2.17. The van der Waals surface area contributed by atoms with Crippen molar-refractivity contribution in [3.05, 3.63) is 0 Å². The highest BCUT2D eigenvalue weighted by Gasteiger charge is 2.31. The molecule has 0 aromatic heterocycles. The summed E-state index contributed by atoms with van der Waals surface area (Å²) in [6.45, 7) is 4.64. The van der Waals surface area contributed by atoms with Crippen molar-refractivity contribution < 1.29 is 9.53 Å². The fourth-order valence-corrected chi connectivity index (χ4v) is 1.65. The molecule has 1 amide bonds. The summed E-state index contributed by atoms with van der Waals surface area (Å²) >= 11 is 0. The van der Waals surface area contributed by atoms with Crippen LogP contribution in [0.1, 0.15) is 32.6 Å². The van der Waals surface area contributed by atoms with E-state index in [1.54, 1.807) is 0 Å². The summed E-state index contributed by atoms with van der Waals surface area (Å²) in [7, 11) is 0. The molecule has 88 valence electrons. The Bertz CT molecular complexity index is 193. The summed E-state index contributed by atoms with van der Waals surface area (Å²) in [6, 6.07) is 0.480. The third kappa shape index (κ3) is 4.62. The number of amides is 1. The Morgan fingerprint density at radius 2 is 2.27 bits per heavy atom. The SMILES string of the molecule is CCOCCCC(=O)N(CCN)C1CC1. The number of nitrogens with two attached hydrogens (primary N) is 1. The van der Waals surface area contributed by atoms with Gasteiger partial charge in [-0.2, -0.15) is 0 Å². The van der Waals surface area contributed by atoms with Gasteiger partial charge in [0.25, 0.3) is 0 Å². The molecule has 0 unspecified atom stereocenters. The summed E-state index contributed by atoms with van der Waals surface area (Å²) in [4.78, 5) is 13.7. The lowest BCUT2D eigenvalue weighted by molar-refractivity contribution is -0.132. The topological polar surface area (TPSA) is 55.6 Å². The van der Waals surface area contributed by atoms with E-state index >= 15 is 0 Å². The first-order valence-corrected chi connectivity index (χ1v) is 5.86. The van der Waals surface area contributed by atoms with Crippen molar-refractivity contribution in [3.8, 4) is 0 Å². The van der Waals surface area contributed by atoms with E-state index in [0.717, 1.165) is 25.9 Å². The predicted molar refractivity (Wildman–Crippen MR) is 59.5 cm³/mol. The van der Waals surface area contributed by atoms with E-state index in [1.807, 2.05) is 11.8 Å². The van der Waals surface area contributed by atoms with Crippen LogP contribution in [-0.2, 0) is 9.53 Å². The molecule has 1 aliphatic rings. The van der Waals surface area contributed by atoms with Gasteiger partial charge in [-0.05, 0) is 26.2 Å². The number of nitrogens with zero attached hydrogens (tertiary/aromatic N) is 1. The zero-order valence-electron chi connectivity index (χ0n) is 9.58. The highest BCUT2D eigenvalue weighted by atomic mass is 16.5. The Labute approximate surface area is 91.8 Å². The van der Waals surface area contributed by atoms with E-state index < -0.39 is 0 Å². The van der Waals surface area contributed by atoms with Crippen molar-refractivity contribution in [2.45, 2.75) is 38.6 Å². The number of ether oxygens (including phenoxy) is 1. The van der Waals surface area contributed by atoms with E-state index in [4.69, 9.17) is 10.5 Å². The number of rotatable bonds is 8. The quantitative estimate of drug-likeness (QED) is 0.607. The smallest absolute Gasteiger partial charge is 0.222 e. The van der Waals surface area contributed by atoms with Gasteiger partial charge >= 0.3 is 0 Å². The first-order valence-electron chi connectivity index (χ1n) is 5.86. The molecule has 0 radical (unpaired) electrons. The van der Waals surface area contributed by atoms with Crippen molar-refractivity contribution in [2.75, 3.05) is 26.3 Å². The van der Waals surface area contributed by atoms with E-state index in [1.165, 1.54) is 0 Å². The monoisotopic (exact) mass is 214 g/mol. The molecule has 1 rings (SSSR count). The highest BCUT2D eigenvalue weighted by Crippen LogP contribution is 2.27. The first-order chi connectivity index (χ1) is 7.29. The molecule has 0 spiro atoms. The van der Waals surface area contributed by atoms with Crippen molar-refractivity contribution in [3.63, 3.8) is 0 Å². The molecule has 4 nitrogen and oxygen atoms in total. The van der Waals surface area contributed by atoms with E-state index in [0.29, 0.717) is 32.2 Å². The number of hydrogen-bond acceptors (Lipinski definition) is 3. The third-order valence-corrected chi connectivity index (χ3v) is 2.56. The maximum absolute atomic E-state index is 11.8. The van der Waals surface area contributed by atoms with Gasteiger partial charge in [-0.3, -0.25) is 4.79 Å². The van der Waals surface area contributed by atoms with Crippen LogP contribution in [0.15, 0.2) is 0 Å². The van der Waals surface area contributed by atoms with Gasteiger partial charge in [-0.1, -0.05) is 0 Å². The molecule has 1 fully saturated rings. The fraction of sp³-hybridized carbons (Fsp3) is 0.909. The molecule has 0 heterocycles. The molecule has 1 aliphatic carbocycles. The van der Waals surface area contributed by atoms with Crippen LogP contribution in [0.2, 0.25) is 0 Å². The molecular weight excluding hydrogens is 192 g/mol. The zero-order chi connectivity index (χ0) is 11.1. The summed E-state index contributed by atoms with van der Waals surface area (Å²) in [5, 5.41) is 0. The van der Waals surface area contributed by atoms with Crippen LogP contribution >= 0.6 is 0 Å². The minimum absolute atomic E-state index is 0.239. The maximum Gasteiger partial charge on any atom is 0.222 e. The molecule has 1 saturated carbocycles. The lowest BCUT2D eigenvalue weighted by atomic mass is 10.2. The fourth-order valence-electron chi connectivity index (χ4n) is 1.65. The number of carbonyl (C=O) groups is 1. The van der Waals surface area contributed by atoms with Crippen LogP contribution < -0.4 is 5.73 Å². The molecule has 0 aliphatic heterocycles. The van der Waals surface area contributed by atoms with Gasteiger partial charge in [-0.15, -0.1) is 0 Å². The Morgan fingerprint density at radius 1 is 1.53 bits per heavy atom.